The fourth-order valence-electron chi connectivity index (χ4n) is 4.14. The second kappa shape index (κ2) is 6.99. The molecule has 0 amide bonds. The zero-order valence-electron chi connectivity index (χ0n) is 19.2. The fourth-order valence-corrected chi connectivity index (χ4v) is 6.60. The fraction of sp³-hybridized carbons (Fsp3) is 0.222. The molecule has 0 aliphatic rings. The summed E-state index contributed by atoms with van der Waals surface area (Å²) >= 11 is -1.90. The van der Waals surface area contributed by atoms with Crippen LogP contribution in [0.15, 0.2) is 71.3 Å². The quantitative estimate of drug-likeness (QED) is 0.264. The van der Waals surface area contributed by atoms with Crippen LogP contribution in [-0.4, -0.2) is 18.3 Å². The summed E-state index contributed by atoms with van der Waals surface area (Å²) in [6.45, 7) is 3.80. The number of hydrogen-bond donors (Lipinski definition) is 0. The van der Waals surface area contributed by atoms with E-state index in [1.165, 1.54) is 9.78 Å². The van der Waals surface area contributed by atoms with Crippen LogP contribution in [0.4, 0.5) is 0 Å². The Morgan fingerprint density at radius 3 is 2.40 bits per heavy atom. The Balaban J connectivity index is 1.77. The van der Waals surface area contributed by atoms with Crippen LogP contribution in [0.2, 0.25) is 17.3 Å². The minimum atomic E-state index is -1.90. The van der Waals surface area contributed by atoms with Gasteiger partial charge in [-0.2, -0.15) is 0 Å². The number of benzene rings is 3. The molecule has 0 spiro atoms. The monoisotopic (exact) mass is 456 g/mol. The van der Waals surface area contributed by atoms with Crippen molar-refractivity contribution in [2.75, 3.05) is 0 Å². The van der Waals surface area contributed by atoms with E-state index >= 15 is 0 Å². The average molecular weight is 455 g/mol. The summed E-state index contributed by atoms with van der Waals surface area (Å²) in [6, 6.07) is 21.4. The Bertz CT molecular complexity index is 1450. The van der Waals surface area contributed by atoms with Gasteiger partial charge in [0.05, 0.1) is 0 Å². The molecule has 150 valence electrons. The van der Waals surface area contributed by atoms with Crippen LogP contribution in [0.5, 0.6) is 0 Å². The van der Waals surface area contributed by atoms with Gasteiger partial charge in [0.25, 0.3) is 0 Å². The third-order valence-electron chi connectivity index (χ3n) is 5.96. The van der Waals surface area contributed by atoms with Crippen molar-refractivity contribution in [2.24, 2.45) is 0 Å². The van der Waals surface area contributed by atoms with Gasteiger partial charge < -0.3 is 0 Å². The van der Waals surface area contributed by atoms with Gasteiger partial charge in [0.1, 0.15) is 0 Å². The van der Waals surface area contributed by atoms with E-state index in [9.17, 15) is 0 Å². The van der Waals surface area contributed by atoms with E-state index in [0.29, 0.717) is 0 Å². The van der Waals surface area contributed by atoms with Gasteiger partial charge in [0.15, 0.2) is 0 Å². The first kappa shape index (κ1) is 18.2. The zero-order valence-corrected chi connectivity index (χ0v) is 20.3. The molecule has 0 aliphatic carbocycles. The van der Waals surface area contributed by atoms with Gasteiger partial charge in [-0.15, -0.1) is 0 Å². The van der Waals surface area contributed by atoms with Gasteiger partial charge in [-0.1, -0.05) is 13.8 Å². The Hall–Kier alpha value is -2.59. The van der Waals surface area contributed by atoms with Crippen molar-refractivity contribution in [3.05, 3.63) is 72.4 Å². The van der Waals surface area contributed by atoms with Crippen molar-refractivity contribution in [3.8, 4) is 11.3 Å². The molecule has 0 N–H and O–H groups in total. The average Bonchev–Trinajstić information content (AvgIpc) is 3.11. The molecule has 0 radical (unpaired) electrons. The predicted molar refractivity (Wildman–Crippen MR) is 132 cm³/mol. The van der Waals surface area contributed by atoms with E-state index < -0.39 is 19.2 Å². The van der Waals surface area contributed by atoms with E-state index in [1.54, 1.807) is 6.20 Å². The van der Waals surface area contributed by atoms with Gasteiger partial charge in [-0.05, 0) is 0 Å². The van der Waals surface area contributed by atoms with Crippen LogP contribution >= 0.6 is 0 Å². The first-order valence-electron chi connectivity index (χ1n) is 11.0. The molecule has 0 saturated heterocycles. The number of nitrogens with zero attached hydrogens (tertiary/aromatic N) is 1. The molecule has 0 unspecified atom stereocenters. The summed E-state index contributed by atoms with van der Waals surface area (Å²) in [5, 5.41) is 4.63. The Morgan fingerprint density at radius 2 is 1.63 bits per heavy atom. The number of fused-ring (bicyclic) bond motifs is 5. The standard InChI is InChI=1S/C27H27GeNO/c1-17(2)18-13-14-29-25(16-18)24-8-6-7-22-23-11-9-19-15-20(28(3,4)5)10-12-21(19)26(23)30-27(22)24/h6-17H,1-5H3/i17D. The second-order valence-electron chi connectivity index (χ2n) is 9.34. The maximum atomic E-state index is 8.39. The Labute approximate surface area is 181 Å². The van der Waals surface area contributed by atoms with Gasteiger partial charge in [-0.25, -0.2) is 0 Å². The molecule has 3 heteroatoms. The topological polar surface area (TPSA) is 26.0 Å². The van der Waals surface area contributed by atoms with Gasteiger partial charge in [0.2, 0.25) is 0 Å². The zero-order chi connectivity index (χ0) is 22.0. The van der Waals surface area contributed by atoms with E-state index in [4.69, 9.17) is 5.79 Å². The molecule has 0 aliphatic heterocycles. The molecule has 5 rings (SSSR count). The number of aromatic nitrogens is 1. The number of rotatable bonds is 3. The predicted octanol–water partition coefficient (Wildman–Crippen LogP) is 7.47. The number of pyridine rings is 1. The first-order valence-corrected chi connectivity index (χ1v) is 17.8. The number of para-hydroxylation sites is 1. The maximum absolute atomic E-state index is 8.39. The van der Waals surface area contributed by atoms with E-state index in [-0.39, 0.29) is 0 Å². The molecule has 0 fully saturated rings. The van der Waals surface area contributed by atoms with Gasteiger partial charge in [0, 0.05) is 1.37 Å². The normalized spacial score (nSPS) is 13.3. The molecule has 0 saturated carbocycles. The molecule has 2 nitrogen and oxygen atoms in total. The molecule has 5 aromatic rings. The van der Waals surface area contributed by atoms with E-state index in [0.717, 1.165) is 44.1 Å². The van der Waals surface area contributed by atoms with Crippen LogP contribution in [0.25, 0.3) is 44.0 Å². The summed E-state index contributed by atoms with van der Waals surface area (Å²) in [7, 11) is 0. The minimum absolute atomic E-state index is 0.676. The molecule has 30 heavy (non-hydrogen) atoms. The van der Waals surface area contributed by atoms with Crippen LogP contribution in [0, 0.1) is 0 Å². The molecule has 2 heterocycles. The summed E-state index contributed by atoms with van der Waals surface area (Å²) in [4.78, 5) is 4.61. The van der Waals surface area contributed by atoms with E-state index in [2.05, 4.69) is 70.8 Å². The Kier molecular flexibility index (Phi) is 4.24. The number of furan rings is 1. The second-order valence-corrected chi connectivity index (χ2v) is 20.0. The first-order chi connectivity index (χ1) is 14.6. The summed E-state index contributed by atoms with van der Waals surface area (Å²) in [5.74, 6) is 6.59. The third-order valence-corrected chi connectivity index (χ3v) is 10.2. The number of hydrogen-bond acceptors (Lipinski definition) is 2. The van der Waals surface area contributed by atoms with Gasteiger partial charge >= 0.3 is 167 Å². The van der Waals surface area contributed by atoms with Crippen LogP contribution in [-0.2, 0) is 0 Å². The third kappa shape index (κ3) is 3.14. The van der Waals surface area contributed by atoms with Crippen LogP contribution in [0.3, 0.4) is 0 Å². The summed E-state index contributed by atoms with van der Waals surface area (Å²) in [5.41, 5.74) is 4.54. The molecule has 0 bridgehead atoms. The van der Waals surface area contributed by atoms with Crippen molar-refractivity contribution >= 4 is 50.4 Å². The van der Waals surface area contributed by atoms with Gasteiger partial charge in [-0.3, -0.25) is 0 Å². The molecule has 0 atom stereocenters. The van der Waals surface area contributed by atoms with Crippen molar-refractivity contribution in [2.45, 2.75) is 37.0 Å². The molecular weight excluding hydrogens is 427 g/mol. The summed E-state index contributed by atoms with van der Waals surface area (Å²) < 4.78 is 16.4. The van der Waals surface area contributed by atoms with Crippen LogP contribution < -0.4 is 4.40 Å². The molecule has 3 aromatic carbocycles. The van der Waals surface area contributed by atoms with Crippen molar-refractivity contribution < 1.29 is 5.79 Å². The van der Waals surface area contributed by atoms with Crippen molar-refractivity contribution in [1.82, 2.24) is 4.98 Å². The van der Waals surface area contributed by atoms with Crippen molar-refractivity contribution in [1.29, 1.82) is 0 Å². The van der Waals surface area contributed by atoms with Crippen LogP contribution in [0.1, 0.15) is 26.7 Å². The Morgan fingerprint density at radius 1 is 0.867 bits per heavy atom. The SMILES string of the molecule is [2H]C(C)(C)c1ccnc(-c2cccc3c2oc2c4cc[c]([Ge]([CH3])([CH3])[CH3])cc4ccc32)c1. The molecular formula is C27H27GeNO. The molecule has 2 aromatic heterocycles. The van der Waals surface area contributed by atoms with Crippen molar-refractivity contribution in [3.63, 3.8) is 0 Å². The van der Waals surface area contributed by atoms with E-state index in [1.807, 2.05) is 26.0 Å². The summed E-state index contributed by atoms with van der Waals surface area (Å²) in [6.07, 6.45) is 1.79.